The molecule has 17 heavy (non-hydrogen) atoms. The molecule has 2 rings (SSSR count). The fourth-order valence-corrected chi connectivity index (χ4v) is 1.38. The number of aldehydes is 1. The molecule has 0 saturated carbocycles. The Balaban J connectivity index is 0.000000249. The number of imidazole rings is 1. The third kappa shape index (κ3) is 3.25. The zero-order valence-corrected chi connectivity index (χ0v) is 10.2. The molecule has 1 aromatic heterocycles. The molecule has 3 N–H and O–H groups in total. The zero-order valence-electron chi connectivity index (χ0n) is 9.36. The standard InChI is InChI=1S/C6H8N4OS.C3H4O2/c1-10-2-7-5(11)3-4(10)9-6(12)8-3;1-3(5)2-4/h2H2,1H3,(H,7,11)(H2,8,9,12);2H,1H3. The summed E-state index contributed by atoms with van der Waals surface area (Å²) >= 11 is 4.87. The highest BCUT2D eigenvalue weighted by atomic mass is 32.1. The maximum atomic E-state index is 11.2. The number of anilines is 1. The number of carbonyl (C=O) groups excluding carboxylic acids is 3. The second kappa shape index (κ2) is 5.39. The molecular weight excluding hydrogens is 244 g/mol. The van der Waals surface area contributed by atoms with E-state index in [-0.39, 0.29) is 12.2 Å². The van der Waals surface area contributed by atoms with Crippen LogP contribution in [0.5, 0.6) is 0 Å². The number of fused-ring (bicyclic) bond motifs is 1. The Labute approximate surface area is 102 Å². The van der Waals surface area contributed by atoms with E-state index in [4.69, 9.17) is 17.0 Å². The smallest absolute Gasteiger partial charge is 0.272 e. The van der Waals surface area contributed by atoms with Crippen LogP contribution in [0.25, 0.3) is 0 Å². The third-order valence-corrected chi connectivity index (χ3v) is 2.16. The van der Waals surface area contributed by atoms with Crippen LogP contribution in [-0.2, 0) is 9.59 Å². The van der Waals surface area contributed by atoms with E-state index in [0.29, 0.717) is 17.1 Å². The van der Waals surface area contributed by atoms with Crippen molar-refractivity contribution in [3.8, 4) is 0 Å². The minimum absolute atomic E-state index is 0.115. The van der Waals surface area contributed by atoms with Gasteiger partial charge in [-0.25, -0.2) is 0 Å². The van der Waals surface area contributed by atoms with E-state index in [9.17, 15) is 9.59 Å². The number of H-pyrrole nitrogens is 2. The number of hydrogen-bond acceptors (Lipinski definition) is 5. The summed E-state index contributed by atoms with van der Waals surface area (Å²) in [7, 11) is 1.87. The average Bonchev–Trinajstić information content (AvgIpc) is 2.68. The van der Waals surface area contributed by atoms with Crippen LogP contribution in [0.15, 0.2) is 0 Å². The molecule has 0 bridgehead atoms. The number of nitrogens with zero attached hydrogens (tertiary/aromatic N) is 1. The number of ketones is 1. The Morgan fingerprint density at radius 2 is 2.06 bits per heavy atom. The fourth-order valence-electron chi connectivity index (χ4n) is 1.18. The summed E-state index contributed by atoms with van der Waals surface area (Å²) < 4.78 is 0.476. The Hall–Kier alpha value is -1.96. The predicted molar refractivity (Wildman–Crippen MR) is 63.5 cm³/mol. The van der Waals surface area contributed by atoms with E-state index >= 15 is 0 Å². The van der Waals surface area contributed by atoms with Crippen molar-refractivity contribution < 1.29 is 14.4 Å². The highest BCUT2D eigenvalue weighted by Gasteiger charge is 2.22. The minimum atomic E-state index is -0.426. The van der Waals surface area contributed by atoms with Crippen LogP contribution in [-0.4, -0.2) is 41.7 Å². The molecule has 7 nitrogen and oxygen atoms in total. The van der Waals surface area contributed by atoms with Gasteiger partial charge < -0.3 is 20.2 Å². The predicted octanol–water partition coefficient (Wildman–Crippen LogP) is -0.0163. The van der Waals surface area contributed by atoms with Crippen molar-refractivity contribution >= 4 is 36.0 Å². The number of aromatic nitrogens is 2. The molecule has 1 aliphatic rings. The van der Waals surface area contributed by atoms with Gasteiger partial charge in [0, 0.05) is 14.0 Å². The van der Waals surface area contributed by atoms with Crippen LogP contribution in [0.4, 0.5) is 5.82 Å². The lowest BCUT2D eigenvalue weighted by Gasteiger charge is -2.23. The van der Waals surface area contributed by atoms with Gasteiger partial charge in [-0.1, -0.05) is 0 Å². The summed E-state index contributed by atoms with van der Waals surface area (Å²) in [6.45, 7) is 1.72. The summed E-state index contributed by atoms with van der Waals surface area (Å²) in [6, 6.07) is 0. The molecule has 8 heteroatoms. The zero-order chi connectivity index (χ0) is 13.0. The fraction of sp³-hybridized carbons (Fsp3) is 0.333. The average molecular weight is 256 g/mol. The largest absolute Gasteiger partial charge is 0.342 e. The Kier molecular flexibility index (Phi) is 4.16. The van der Waals surface area contributed by atoms with Crippen molar-refractivity contribution in [2.45, 2.75) is 6.92 Å². The number of aromatic amines is 2. The molecule has 1 amide bonds. The molecule has 1 aliphatic heterocycles. The monoisotopic (exact) mass is 256 g/mol. The van der Waals surface area contributed by atoms with Gasteiger partial charge >= 0.3 is 0 Å². The quantitative estimate of drug-likeness (QED) is 0.373. The topological polar surface area (TPSA) is 98.1 Å². The van der Waals surface area contributed by atoms with Crippen LogP contribution < -0.4 is 10.2 Å². The number of amides is 1. The number of Topliss-reactive ketones (excluding diaryl/α,β-unsaturated/α-hetero) is 1. The van der Waals surface area contributed by atoms with Gasteiger partial charge in [0.05, 0.1) is 6.67 Å². The van der Waals surface area contributed by atoms with E-state index in [0.717, 1.165) is 5.82 Å². The first-order valence-electron chi connectivity index (χ1n) is 4.73. The maximum Gasteiger partial charge on any atom is 0.272 e. The molecule has 0 fully saturated rings. The first kappa shape index (κ1) is 13.1. The van der Waals surface area contributed by atoms with Crippen LogP contribution in [0, 0.1) is 4.77 Å². The van der Waals surface area contributed by atoms with E-state index in [1.54, 1.807) is 0 Å². The molecule has 1 aromatic rings. The van der Waals surface area contributed by atoms with E-state index in [1.807, 2.05) is 11.9 Å². The third-order valence-electron chi connectivity index (χ3n) is 1.96. The van der Waals surface area contributed by atoms with Gasteiger partial charge in [0.1, 0.15) is 11.5 Å². The van der Waals surface area contributed by atoms with Gasteiger partial charge in [-0.15, -0.1) is 0 Å². The summed E-state index contributed by atoms with van der Waals surface area (Å²) in [4.78, 5) is 37.4. The lowest BCUT2D eigenvalue weighted by Crippen LogP contribution is -2.41. The summed E-state index contributed by atoms with van der Waals surface area (Å²) in [6.07, 6.45) is 0.278. The minimum Gasteiger partial charge on any atom is -0.342 e. The molecule has 0 aromatic carbocycles. The summed E-state index contributed by atoms with van der Waals surface area (Å²) in [5.74, 6) is 0.212. The second-order valence-corrected chi connectivity index (χ2v) is 3.80. The van der Waals surface area contributed by atoms with E-state index in [2.05, 4.69) is 15.3 Å². The normalized spacial score (nSPS) is 13.1. The number of carbonyl (C=O) groups is 3. The second-order valence-electron chi connectivity index (χ2n) is 3.39. The van der Waals surface area contributed by atoms with E-state index in [1.165, 1.54) is 6.92 Å². The Morgan fingerprint density at radius 1 is 1.47 bits per heavy atom. The summed E-state index contributed by atoms with van der Waals surface area (Å²) in [5.41, 5.74) is 0.508. The van der Waals surface area contributed by atoms with Gasteiger partial charge in [0.15, 0.2) is 16.8 Å². The highest BCUT2D eigenvalue weighted by Crippen LogP contribution is 2.17. The molecule has 92 valence electrons. The van der Waals surface area contributed by atoms with Gasteiger partial charge in [-0.05, 0) is 12.2 Å². The highest BCUT2D eigenvalue weighted by molar-refractivity contribution is 7.71. The molecule has 0 aliphatic carbocycles. The van der Waals surface area contributed by atoms with Crippen LogP contribution >= 0.6 is 12.2 Å². The molecular formula is C9H12N4O3S. The van der Waals surface area contributed by atoms with Crippen molar-refractivity contribution in [3.63, 3.8) is 0 Å². The lowest BCUT2D eigenvalue weighted by atomic mass is 10.3. The molecule has 0 spiro atoms. The van der Waals surface area contributed by atoms with Gasteiger partial charge in [0.2, 0.25) is 0 Å². The van der Waals surface area contributed by atoms with Gasteiger partial charge in [0.25, 0.3) is 5.91 Å². The first-order valence-corrected chi connectivity index (χ1v) is 5.14. The summed E-state index contributed by atoms with van der Waals surface area (Å²) in [5, 5.41) is 2.69. The molecule has 0 radical (unpaired) electrons. The lowest BCUT2D eigenvalue weighted by molar-refractivity contribution is -0.128. The number of hydrogen-bond donors (Lipinski definition) is 3. The Bertz CT molecular complexity index is 505. The van der Waals surface area contributed by atoms with Gasteiger partial charge in [-0.3, -0.25) is 14.4 Å². The molecule has 0 saturated heterocycles. The SMILES string of the molecule is CC(=O)C=O.CN1CNC(=O)c2[nH]c(=S)[nH]c21. The van der Waals surface area contributed by atoms with Crippen molar-refractivity contribution in [1.82, 2.24) is 15.3 Å². The van der Waals surface area contributed by atoms with Crippen LogP contribution in [0.3, 0.4) is 0 Å². The first-order chi connectivity index (χ1) is 7.95. The maximum absolute atomic E-state index is 11.2. The molecule has 0 atom stereocenters. The van der Waals surface area contributed by atoms with Gasteiger partial charge in [-0.2, -0.15) is 0 Å². The van der Waals surface area contributed by atoms with Crippen molar-refractivity contribution in [2.75, 3.05) is 18.6 Å². The molecule has 0 unspecified atom stereocenters. The van der Waals surface area contributed by atoms with Crippen molar-refractivity contribution in [2.24, 2.45) is 0 Å². The number of nitrogens with one attached hydrogen (secondary N) is 3. The number of rotatable bonds is 1. The van der Waals surface area contributed by atoms with E-state index < -0.39 is 5.78 Å². The molecule has 2 heterocycles. The van der Waals surface area contributed by atoms with Crippen molar-refractivity contribution in [3.05, 3.63) is 10.5 Å². The van der Waals surface area contributed by atoms with Crippen molar-refractivity contribution in [1.29, 1.82) is 0 Å². The van der Waals surface area contributed by atoms with Crippen LogP contribution in [0.2, 0.25) is 0 Å². The van der Waals surface area contributed by atoms with Crippen LogP contribution in [0.1, 0.15) is 17.4 Å². The Morgan fingerprint density at radius 3 is 2.53 bits per heavy atom.